The third-order valence-corrected chi connectivity index (χ3v) is 6.32. The van der Waals surface area contributed by atoms with Crippen LogP contribution in [0.2, 0.25) is 5.02 Å². The van der Waals surface area contributed by atoms with E-state index in [2.05, 4.69) is 28.7 Å². The summed E-state index contributed by atoms with van der Waals surface area (Å²) in [6, 6.07) is 19.3. The quantitative estimate of drug-likeness (QED) is 0.428. The molecule has 0 saturated carbocycles. The molecule has 0 amide bonds. The number of allylic oxidation sites excluding steroid dienone is 1. The Hall–Kier alpha value is -3.09. The minimum atomic E-state index is -0.457. The molecule has 8 heteroatoms. The third-order valence-electron chi connectivity index (χ3n) is 5.31. The van der Waals surface area contributed by atoms with Gasteiger partial charge < -0.3 is 24.7 Å². The number of hydrogen-bond donors (Lipinski definition) is 1. The van der Waals surface area contributed by atoms with Gasteiger partial charge in [-0.05, 0) is 64.0 Å². The molecule has 0 fully saturated rings. The standard InChI is InChI=1S/C24H16ClIN2O4/c25-18-7-14(3-6-19(18)29-11-13-1-4-15(26)5-2-13)23-16-8-21-22(31-12-30-21)9-20(16)32-24(28)17(23)10-27/h1-9,23H,11-12,28H2/t23-/m1/s1. The Morgan fingerprint density at radius 1 is 1.06 bits per heavy atom. The number of fused-ring (bicyclic) bond motifs is 2. The number of halogens is 2. The predicted molar refractivity (Wildman–Crippen MR) is 127 cm³/mol. The first kappa shape index (κ1) is 20.8. The molecule has 32 heavy (non-hydrogen) atoms. The molecule has 2 heterocycles. The van der Waals surface area contributed by atoms with Crippen LogP contribution in [0.25, 0.3) is 0 Å². The van der Waals surface area contributed by atoms with E-state index in [0.29, 0.717) is 40.2 Å². The average molecular weight is 559 g/mol. The molecule has 5 rings (SSSR count). The summed E-state index contributed by atoms with van der Waals surface area (Å²) < 4.78 is 23.7. The highest BCUT2D eigenvalue weighted by Crippen LogP contribution is 2.48. The van der Waals surface area contributed by atoms with E-state index in [1.807, 2.05) is 36.4 Å². The van der Waals surface area contributed by atoms with E-state index in [1.165, 1.54) is 0 Å². The van der Waals surface area contributed by atoms with Crippen LogP contribution < -0.4 is 24.7 Å². The van der Waals surface area contributed by atoms with Crippen molar-refractivity contribution in [3.8, 4) is 29.1 Å². The maximum Gasteiger partial charge on any atom is 0.231 e. The van der Waals surface area contributed by atoms with Crippen LogP contribution in [0.4, 0.5) is 0 Å². The first-order valence-electron chi connectivity index (χ1n) is 9.71. The molecule has 2 aliphatic heterocycles. The van der Waals surface area contributed by atoms with Gasteiger partial charge in [0, 0.05) is 15.2 Å². The van der Waals surface area contributed by atoms with Gasteiger partial charge in [-0.25, -0.2) is 0 Å². The van der Waals surface area contributed by atoms with Gasteiger partial charge in [0.2, 0.25) is 12.7 Å². The molecule has 2 N–H and O–H groups in total. The van der Waals surface area contributed by atoms with Gasteiger partial charge in [-0.2, -0.15) is 5.26 Å². The number of nitrogens with zero attached hydrogens (tertiary/aromatic N) is 1. The second-order valence-electron chi connectivity index (χ2n) is 7.27. The van der Waals surface area contributed by atoms with Crippen molar-refractivity contribution in [3.05, 3.63) is 91.3 Å². The summed E-state index contributed by atoms with van der Waals surface area (Å²) in [6.07, 6.45) is 0. The second kappa shape index (κ2) is 8.45. The van der Waals surface area contributed by atoms with E-state index in [-0.39, 0.29) is 12.7 Å². The Morgan fingerprint density at radius 3 is 2.53 bits per heavy atom. The van der Waals surface area contributed by atoms with E-state index in [0.717, 1.165) is 20.3 Å². The molecule has 0 aliphatic carbocycles. The number of hydrogen-bond acceptors (Lipinski definition) is 6. The van der Waals surface area contributed by atoms with E-state index in [1.54, 1.807) is 18.2 Å². The molecule has 0 radical (unpaired) electrons. The topological polar surface area (TPSA) is 86.7 Å². The minimum Gasteiger partial charge on any atom is -0.487 e. The molecule has 2 aliphatic rings. The van der Waals surface area contributed by atoms with E-state index < -0.39 is 5.92 Å². The minimum absolute atomic E-state index is 0.0547. The molecule has 0 unspecified atom stereocenters. The summed E-state index contributed by atoms with van der Waals surface area (Å²) in [5, 5.41) is 10.2. The molecule has 0 spiro atoms. The number of ether oxygens (including phenoxy) is 4. The van der Waals surface area contributed by atoms with Gasteiger partial charge in [-0.15, -0.1) is 0 Å². The van der Waals surface area contributed by atoms with Gasteiger partial charge >= 0.3 is 0 Å². The zero-order valence-corrected chi connectivity index (χ0v) is 19.5. The SMILES string of the molecule is N#CC1=C(N)Oc2cc3c(cc2[C@H]1c1ccc(OCc2ccc(I)cc2)c(Cl)c1)OCO3. The molecular weight excluding hydrogens is 543 g/mol. The fourth-order valence-corrected chi connectivity index (χ4v) is 4.35. The van der Waals surface area contributed by atoms with Crippen molar-refractivity contribution < 1.29 is 18.9 Å². The van der Waals surface area contributed by atoms with Crippen molar-refractivity contribution >= 4 is 34.2 Å². The monoisotopic (exact) mass is 558 g/mol. The van der Waals surface area contributed by atoms with Crippen molar-refractivity contribution in [1.29, 1.82) is 5.26 Å². The first-order chi connectivity index (χ1) is 15.5. The lowest BCUT2D eigenvalue weighted by Crippen LogP contribution is -2.21. The fraction of sp³-hybridized carbons (Fsp3) is 0.125. The van der Waals surface area contributed by atoms with Crippen LogP contribution in [0.3, 0.4) is 0 Å². The van der Waals surface area contributed by atoms with E-state index in [4.69, 9.17) is 36.3 Å². The van der Waals surface area contributed by atoms with Crippen LogP contribution in [0.5, 0.6) is 23.0 Å². The number of benzene rings is 3. The molecule has 1 atom stereocenters. The molecule has 6 nitrogen and oxygen atoms in total. The lowest BCUT2D eigenvalue weighted by Gasteiger charge is -2.27. The highest BCUT2D eigenvalue weighted by Gasteiger charge is 2.33. The van der Waals surface area contributed by atoms with Crippen LogP contribution in [-0.2, 0) is 6.61 Å². The molecular formula is C24H16ClIN2O4. The molecule has 0 saturated heterocycles. The fourth-order valence-electron chi connectivity index (χ4n) is 3.75. The maximum absolute atomic E-state index is 9.78. The van der Waals surface area contributed by atoms with E-state index in [9.17, 15) is 5.26 Å². The van der Waals surface area contributed by atoms with Gasteiger partial charge in [0.05, 0.1) is 10.9 Å². The largest absolute Gasteiger partial charge is 0.487 e. The summed E-state index contributed by atoms with van der Waals surface area (Å²) in [6.45, 7) is 0.533. The van der Waals surface area contributed by atoms with Crippen LogP contribution in [0.15, 0.2) is 66.1 Å². The lowest BCUT2D eigenvalue weighted by molar-refractivity contribution is 0.174. The smallest absolute Gasteiger partial charge is 0.231 e. The zero-order valence-electron chi connectivity index (χ0n) is 16.6. The van der Waals surface area contributed by atoms with Crippen molar-refractivity contribution in [2.75, 3.05) is 6.79 Å². The third kappa shape index (κ3) is 3.80. The van der Waals surface area contributed by atoms with Crippen molar-refractivity contribution in [2.45, 2.75) is 12.5 Å². The number of nitrogens with two attached hydrogens (primary N) is 1. The lowest BCUT2D eigenvalue weighted by atomic mass is 9.83. The van der Waals surface area contributed by atoms with Gasteiger partial charge in [0.15, 0.2) is 11.5 Å². The van der Waals surface area contributed by atoms with Gasteiger partial charge in [0.25, 0.3) is 0 Å². The summed E-state index contributed by atoms with van der Waals surface area (Å²) in [7, 11) is 0. The summed E-state index contributed by atoms with van der Waals surface area (Å²) in [5.74, 6) is 1.85. The van der Waals surface area contributed by atoms with Crippen LogP contribution in [-0.4, -0.2) is 6.79 Å². The Balaban J connectivity index is 1.48. The highest BCUT2D eigenvalue weighted by molar-refractivity contribution is 14.1. The van der Waals surface area contributed by atoms with Crippen LogP contribution in [0.1, 0.15) is 22.6 Å². The maximum atomic E-state index is 9.78. The molecule has 0 aromatic heterocycles. The normalized spacial score (nSPS) is 16.2. The average Bonchev–Trinajstić information content (AvgIpc) is 3.24. The highest BCUT2D eigenvalue weighted by atomic mass is 127. The van der Waals surface area contributed by atoms with Gasteiger partial charge in [0.1, 0.15) is 29.7 Å². The zero-order chi connectivity index (χ0) is 22.2. The summed E-state index contributed by atoms with van der Waals surface area (Å²) in [4.78, 5) is 0. The Morgan fingerprint density at radius 2 is 1.81 bits per heavy atom. The van der Waals surface area contributed by atoms with Crippen molar-refractivity contribution in [2.24, 2.45) is 5.73 Å². The Labute approximate surface area is 203 Å². The Kier molecular flexibility index (Phi) is 5.49. The molecule has 0 bridgehead atoms. The summed E-state index contributed by atoms with van der Waals surface area (Å²) >= 11 is 8.82. The summed E-state index contributed by atoms with van der Waals surface area (Å²) in [5.41, 5.74) is 8.97. The predicted octanol–water partition coefficient (Wildman–Crippen LogP) is 5.47. The number of rotatable bonds is 4. The van der Waals surface area contributed by atoms with E-state index >= 15 is 0 Å². The van der Waals surface area contributed by atoms with Crippen LogP contribution in [0, 0.1) is 14.9 Å². The van der Waals surface area contributed by atoms with Crippen LogP contribution >= 0.6 is 34.2 Å². The van der Waals surface area contributed by atoms with Gasteiger partial charge in [-0.3, -0.25) is 0 Å². The molecule has 3 aromatic rings. The van der Waals surface area contributed by atoms with Crippen molar-refractivity contribution in [1.82, 2.24) is 0 Å². The second-order valence-corrected chi connectivity index (χ2v) is 8.93. The molecule has 160 valence electrons. The first-order valence-corrected chi connectivity index (χ1v) is 11.2. The van der Waals surface area contributed by atoms with Crippen molar-refractivity contribution in [3.63, 3.8) is 0 Å². The van der Waals surface area contributed by atoms with Gasteiger partial charge in [-0.1, -0.05) is 29.8 Å². The molecule has 3 aromatic carbocycles. The Bertz CT molecular complexity index is 1280. The number of nitriles is 1.